The topological polar surface area (TPSA) is 23.9 Å². The normalized spacial score (nSPS) is 13.9. The third kappa shape index (κ3) is 2.64. The quantitative estimate of drug-likeness (QED) is 0.564. The first-order chi connectivity index (χ1) is 4.09. The first-order valence-electron chi connectivity index (χ1n) is 3.64. The van der Waals surface area contributed by atoms with E-state index < -0.39 is 0 Å². The maximum absolute atomic E-state index is 7.38. The Labute approximate surface area is 58.0 Å². The molecule has 0 radical (unpaired) electrons. The minimum Gasteiger partial charge on any atom is -0.310 e. The average Bonchev–Trinajstić information content (AvgIpc) is 1.64. The van der Waals surface area contributed by atoms with E-state index in [1.165, 1.54) is 0 Å². The summed E-state index contributed by atoms with van der Waals surface area (Å²) in [5.74, 6) is 1.14. The van der Waals surface area contributed by atoms with Crippen LogP contribution in [0, 0.1) is 17.2 Å². The lowest BCUT2D eigenvalue weighted by atomic mass is 9.89. The molecule has 1 unspecified atom stereocenters. The predicted octanol–water partition coefficient (Wildman–Crippen LogP) is 2.71. The highest BCUT2D eigenvalue weighted by Gasteiger charge is 2.11. The van der Waals surface area contributed by atoms with Crippen LogP contribution in [0.3, 0.4) is 0 Å². The predicted molar refractivity (Wildman–Crippen MR) is 42.0 cm³/mol. The lowest BCUT2D eigenvalue weighted by Crippen LogP contribution is -2.15. The largest absolute Gasteiger partial charge is 0.310 e. The molecule has 1 atom stereocenters. The van der Waals surface area contributed by atoms with Crippen LogP contribution in [0.1, 0.15) is 34.1 Å². The van der Waals surface area contributed by atoms with Crippen molar-refractivity contribution in [3.05, 3.63) is 0 Å². The van der Waals surface area contributed by atoms with Gasteiger partial charge in [0, 0.05) is 5.71 Å². The fraction of sp³-hybridized carbons (Fsp3) is 0.875. The van der Waals surface area contributed by atoms with E-state index in [0.717, 1.165) is 12.1 Å². The van der Waals surface area contributed by atoms with E-state index in [-0.39, 0.29) is 0 Å². The molecular weight excluding hydrogens is 110 g/mol. The maximum Gasteiger partial charge on any atom is 0.00915 e. The fourth-order valence-corrected chi connectivity index (χ4v) is 1.28. The lowest BCUT2D eigenvalue weighted by molar-refractivity contribution is 0.477. The number of hydrogen-bond acceptors (Lipinski definition) is 1. The van der Waals surface area contributed by atoms with Gasteiger partial charge in [-0.25, -0.2) is 0 Å². The Morgan fingerprint density at radius 3 is 1.89 bits per heavy atom. The zero-order valence-electron chi connectivity index (χ0n) is 6.86. The summed E-state index contributed by atoms with van der Waals surface area (Å²) in [5.41, 5.74) is 0.826. The van der Waals surface area contributed by atoms with Crippen LogP contribution in [0.5, 0.6) is 0 Å². The second-order valence-corrected chi connectivity index (χ2v) is 2.94. The van der Waals surface area contributed by atoms with Crippen molar-refractivity contribution in [3.63, 3.8) is 0 Å². The van der Waals surface area contributed by atoms with Gasteiger partial charge in [0.1, 0.15) is 0 Å². The lowest BCUT2D eigenvalue weighted by Gasteiger charge is -2.16. The van der Waals surface area contributed by atoms with Crippen LogP contribution in [-0.4, -0.2) is 5.71 Å². The van der Waals surface area contributed by atoms with Crippen LogP contribution in [-0.2, 0) is 0 Å². The van der Waals surface area contributed by atoms with Crippen molar-refractivity contribution in [2.75, 3.05) is 0 Å². The second-order valence-electron chi connectivity index (χ2n) is 2.94. The number of rotatable bonds is 3. The minimum atomic E-state index is 0.505. The van der Waals surface area contributed by atoms with E-state index in [0.29, 0.717) is 11.8 Å². The summed E-state index contributed by atoms with van der Waals surface area (Å²) in [5, 5.41) is 7.38. The molecule has 0 aliphatic carbocycles. The van der Waals surface area contributed by atoms with Gasteiger partial charge in [-0.2, -0.15) is 0 Å². The van der Waals surface area contributed by atoms with Gasteiger partial charge in [0.25, 0.3) is 0 Å². The minimum absolute atomic E-state index is 0.505. The van der Waals surface area contributed by atoms with E-state index >= 15 is 0 Å². The third-order valence-corrected chi connectivity index (χ3v) is 1.80. The van der Waals surface area contributed by atoms with Crippen molar-refractivity contribution < 1.29 is 0 Å². The Kier molecular flexibility index (Phi) is 3.52. The maximum atomic E-state index is 7.38. The highest BCUT2D eigenvalue weighted by molar-refractivity contribution is 5.81. The van der Waals surface area contributed by atoms with E-state index in [4.69, 9.17) is 5.41 Å². The summed E-state index contributed by atoms with van der Waals surface area (Å²) in [7, 11) is 0. The summed E-state index contributed by atoms with van der Waals surface area (Å²) in [6.45, 7) is 8.38. The van der Waals surface area contributed by atoms with Gasteiger partial charge in [-0.15, -0.1) is 0 Å². The molecule has 0 amide bonds. The standard InChI is InChI=1S/C8H17N/c1-5-8(6(2)3)7(4)9/h6,8-9H,5H2,1-4H3. The highest BCUT2D eigenvalue weighted by Crippen LogP contribution is 2.15. The molecule has 0 saturated carbocycles. The van der Waals surface area contributed by atoms with Gasteiger partial charge in [0.2, 0.25) is 0 Å². The summed E-state index contributed by atoms with van der Waals surface area (Å²) < 4.78 is 0. The summed E-state index contributed by atoms with van der Waals surface area (Å²) >= 11 is 0. The Morgan fingerprint density at radius 2 is 1.89 bits per heavy atom. The molecule has 0 spiro atoms. The molecule has 0 aromatic heterocycles. The Balaban J connectivity index is 3.83. The van der Waals surface area contributed by atoms with Gasteiger partial charge >= 0.3 is 0 Å². The number of hydrogen-bond donors (Lipinski definition) is 1. The van der Waals surface area contributed by atoms with Gasteiger partial charge in [-0.05, 0) is 25.2 Å². The molecule has 0 aromatic rings. The number of nitrogens with one attached hydrogen (secondary N) is 1. The van der Waals surface area contributed by atoms with E-state index in [2.05, 4.69) is 20.8 Å². The molecule has 1 nitrogen and oxygen atoms in total. The molecule has 54 valence electrons. The molecule has 0 rings (SSSR count). The van der Waals surface area contributed by atoms with Crippen LogP contribution >= 0.6 is 0 Å². The molecule has 9 heavy (non-hydrogen) atoms. The Hall–Kier alpha value is -0.330. The molecule has 1 heteroatoms. The van der Waals surface area contributed by atoms with Crippen molar-refractivity contribution in [2.24, 2.45) is 11.8 Å². The third-order valence-electron chi connectivity index (χ3n) is 1.80. The molecule has 0 bridgehead atoms. The van der Waals surface area contributed by atoms with E-state index in [1.807, 2.05) is 6.92 Å². The smallest absolute Gasteiger partial charge is 0.00915 e. The van der Waals surface area contributed by atoms with Crippen molar-refractivity contribution in [3.8, 4) is 0 Å². The van der Waals surface area contributed by atoms with Crippen LogP contribution < -0.4 is 0 Å². The Morgan fingerprint density at radius 1 is 1.44 bits per heavy atom. The monoisotopic (exact) mass is 127 g/mol. The SMILES string of the molecule is CCC(C(C)=N)C(C)C. The summed E-state index contributed by atoms with van der Waals surface area (Å²) in [6, 6.07) is 0. The zero-order valence-corrected chi connectivity index (χ0v) is 6.86. The van der Waals surface area contributed by atoms with Crippen LogP contribution in [0.25, 0.3) is 0 Å². The summed E-state index contributed by atoms with van der Waals surface area (Å²) in [4.78, 5) is 0. The van der Waals surface area contributed by atoms with Crippen LogP contribution in [0.2, 0.25) is 0 Å². The first-order valence-corrected chi connectivity index (χ1v) is 3.64. The molecule has 0 aliphatic heterocycles. The van der Waals surface area contributed by atoms with Crippen molar-refractivity contribution >= 4 is 5.71 Å². The Bertz CT molecular complexity index is 94.7. The van der Waals surface area contributed by atoms with Crippen LogP contribution in [0.15, 0.2) is 0 Å². The van der Waals surface area contributed by atoms with Gasteiger partial charge in [0.05, 0.1) is 0 Å². The fourth-order valence-electron chi connectivity index (χ4n) is 1.28. The summed E-state index contributed by atoms with van der Waals surface area (Å²) in [6.07, 6.45) is 1.10. The molecule has 0 aliphatic rings. The van der Waals surface area contributed by atoms with Crippen molar-refractivity contribution in [1.29, 1.82) is 5.41 Å². The second kappa shape index (κ2) is 3.65. The van der Waals surface area contributed by atoms with Gasteiger partial charge in [0.15, 0.2) is 0 Å². The molecule has 1 N–H and O–H groups in total. The van der Waals surface area contributed by atoms with Crippen molar-refractivity contribution in [1.82, 2.24) is 0 Å². The van der Waals surface area contributed by atoms with Gasteiger partial charge in [-0.1, -0.05) is 20.8 Å². The van der Waals surface area contributed by atoms with E-state index in [1.54, 1.807) is 0 Å². The zero-order chi connectivity index (χ0) is 7.44. The molecular formula is C8H17N. The first kappa shape index (κ1) is 8.67. The molecule has 0 aromatic carbocycles. The van der Waals surface area contributed by atoms with Gasteiger partial charge < -0.3 is 5.41 Å². The molecule has 0 heterocycles. The average molecular weight is 127 g/mol. The van der Waals surface area contributed by atoms with Crippen LogP contribution in [0.4, 0.5) is 0 Å². The molecule has 0 saturated heterocycles. The molecule has 0 fully saturated rings. The van der Waals surface area contributed by atoms with Gasteiger partial charge in [-0.3, -0.25) is 0 Å². The van der Waals surface area contributed by atoms with E-state index in [9.17, 15) is 0 Å². The van der Waals surface area contributed by atoms with Crippen molar-refractivity contribution in [2.45, 2.75) is 34.1 Å². The highest BCUT2D eigenvalue weighted by atomic mass is 14.4.